The third-order valence-electron chi connectivity index (χ3n) is 4.47. The molecule has 0 aliphatic carbocycles. The zero-order chi connectivity index (χ0) is 18.4. The molecule has 1 aromatic rings. The van der Waals surface area contributed by atoms with Crippen molar-refractivity contribution in [1.29, 1.82) is 0 Å². The highest BCUT2D eigenvalue weighted by Gasteiger charge is 2.37. The van der Waals surface area contributed by atoms with Crippen LogP contribution in [-0.4, -0.2) is 49.1 Å². The van der Waals surface area contributed by atoms with E-state index in [-0.39, 0.29) is 36.2 Å². The first-order valence-corrected chi connectivity index (χ1v) is 8.40. The first-order chi connectivity index (χ1) is 11.9. The Morgan fingerprint density at radius 1 is 1.36 bits per heavy atom. The van der Waals surface area contributed by atoms with E-state index in [0.29, 0.717) is 19.5 Å². The van der Waals surface area contributed by atoms with Crippen molar-refractivity contribution in [2.24, 2.45) is 0 Å². The fraction of sp³-hybridized carbons (Fsp3) is 0.474. The minimum absolute atomic E-state index is 0.110. The maximum atomic E-state index is 12.9. The summed E-state index contributed by atoms with van der Waals surface area (Å²) in [7, 11) is 1.38. The Balaban J connectivity index is 1.96. The highest BCUT2D eigenvalue weighted by atomic mass is 19.1. The van der Waals surface area contributed by atoms with Gasteiger partial charge < -0.3 is 10.1 Å². The number of nitrogens with one attached hydrogen (secondary N) is 1. The quantitative estimate of drug-likeness (QED) is 0.632. The van der Waals surface area contributed by atoms with Crippen molar-refractivity contribution in [3.05, 3.63) is 47.3 Å². The maximum absolute atomic E-state index is 12.9. The molecule has 136 valence electrons. The number of halogens is 1. The Labute approximate surface area is 147 Å². The summed E-state index contributed by atoms with van der Waals surface area (Å²) in [5, 5.41) is 2.97. The molecule has 1 N–H and O–H groups in total. The number of ether oxygens (including phenoxy) is 1. The van der Waals surface area contributed by atoms with Crippen LogP contribution in [0.3, 0.4) is 0 Å². The van der Waals surface area contributed by atoms with E-state index in [0.717, 1.165) is 11.1 Å². The SMILES string of the molecule is C/C=C(\C)CN1C[C@@H](NC(=O)Cc2ccc(F)cc2)C[C@H]1C(=O)OC. The minimum atomic E-state index is -0.351. The van der Waals surface area contributed by atoms with Gasteiger partial charge in [-0.1, -0.05) is 23.8 Å². The summed E-state index contributed by atoms with van der Waals surface area (Å²) < 4.78 is 17.8. The molecule has 1 saturated heterocycles. The molecule has 0 unspecified atom stereocenters. The molecule has 1 aliphatic heterocycles. The van der Waals surface area contributed by atoms with Gasteiger partial charge in [0, 0.05) is 19.1 Å². The van der Waals surface area contributed by atoms with Gasteiger partial charge in [0.2, 0.25) is 5.91 Å². The van der Waals surface area contributed by atoms with Gasteiger partial charge in [0.15, 0.2) is 0 Å². The molecular weight excluding hydrogens is 323 g/mol. The number of hydrogen-bond acceptors (Lipinski definition) is 4. The lowest BCUT2D eigenvalue weighted by Crippen LogP contribution is -2.39. The molecule has 0 spiro atoms. The normalized spacial score (nSPS) is 21.2. The lowest BCUT2D eigenvalue weighted by atomic mass is 10.1. The van der Waals surface area contributed by atoms with Crippen LogP contribution in [0.5, 0.6) is 0 Å². The van der Waals surface area contributed by atoms with Gasteiger partial charge >= 0.3 is 5.97 Å². The highest BCUT2D eigenvalue weighted by molar-refractivity contribution is 5.80. The molecular formula is C19H25FN2O3. The molecule has 2 rings (SSSR count). The van der Waals surface area contributed by atoms with Gasteiger partial charge in [0.1, 0.15) is 11.9 Å². The van der Waals surface area contributed by atoms with E-state index in [1.54, 1.807) is 12.1 Å². The predicted octanol–water partition coefficient (Wildman–Crippen LogP) is 2.07. The number of allylic oxidation sites excluding steroid dienone is 1. The number of carbonyl (C=O) groups excluding carboxylic acids is 2. The summed E-state index contributed by atoms with van der Waals surface area (Å²) in [6, 6.07) is 5.42. The second-order valence-corrected chi connectivity index (χ2v) is 6.41. The summed E-state index contributed by atoms with van der Waals surface area (Å²) >= 11 is 0. The number of nitrogens with zero attached hydrogens (tertiary/aromatic N) is 1. The molecule has 0 bridgehead atoms. The van der Waals surface area contributed by atoms with E-state index in [1.807, 2.05) is 24.8 Å². The first-order valence-electron chi connectivity index (χ1n) is 8.40. The molecule has 25 heavy (non-hydrogen) atoms. The number of esters is 1. The summed E-state index contributed by atoms with van der Waals surface area (Å²) in [4.78, 5) is 26.3. The predicted molar refractivity (Wildman–Crippen MR) is 93.5 cm³/mol. The van der Waals surface area contributed by atoms with E-state index in [4.69, 9.17) is 4.74 Å². The maximum Gasteiger partial charge on any atom is 0.323 e. The molecule has 1 heterocycles. The van der Waals surface area contributed by atoms with Gasteiger partial charge in [-0.2, -0.15) is 0 Å². The number of methoxy groups -OCH3 is 1. The Kier molecular flexibility index (Phi) is 6.70. The van der Waals surface area contributed by atoms with Crippen molar-refractivity contribution in [3.8, 4) is 0 Å². The molecule has 1 aromatic carbocycles. The average Bonchev–Trinajstić information content (AvgIpc) is 2.98. The third-order valence-corrected chi connectivity index (χ3v) is 4.47. The Bertz CT molecular complexity index is 643. The third kappa shape index (κ3) is 5.39. The first kappa shape index (κ1) is 19.1. The van der Waals surface area contributed by atoms with Crippen LogP contribution in [0.1, 0.15) is 25.8 Å². The largest absolute Gasteiger partial charge is 0.468 e. The van der Waals surface area contributed by atoms with Crippen LogP contribution in [0, 0.1) is 5.82 Å². The van der Waals surface area contributed by atoms with Gasteiger partial charge in [-0.15, -0.1) is 0 Å². The lowest BCUT2D eigenvalue weighted by molar-refractivity contribution is -0.145. The van der Waals surface area contributed by atoms with Crippen molar-refractivity contribution in [2.75, 3.05) is 20.2 Å². The zero-order valence-corrected chi connectivity index (χ0v) is 14.9. The number of amides is 1. The van der Waals surface area contributed by atoms with Crippen molar-refractivity contribution >= 4 is 11.9 Å². The van der Waals surface area contributed by atoms with Crippen LogP contribution in [0.4, 0.5) is 4.39 Å². The summed E-state index contributed by atoms with van der Waals surface area (Å²) in [5.41, 5.74) is 1.91. The zero-order valence-electron chi connectivity index (χ0n) is 14.9. The smallest absolute Gasteiger partial charge is 0.323 e. The Hall–Kier alpha value is -2.21. The van der Waals surface area contributed by atoms with Crippen molar-refractivity contribution < 1.29 is 18.7 Å². The Morgan fingerprint density at radius 2 is 2.04 bits per heavy atom. The van der Waals surface area contributed by atoms with Gasteiger partial charge in [-0.05, 0) is 38.0 Å². The summed E-state index contributed by atoms with van der Waals surface area (Å²) in [5.74, 6) is -0.736. The van der Waals surface area contributed by atoms with Crippen LogP contribution >= 0.6 is 0 Å². The standard InChI is InChI=1S/C19H25FN2O3/c1-4-13(2)11-22-12-16(10-17(22)19(24)25-3)21-18(23)9-14-5-7-15(20)8-6-14/h4-8,16-17H,9-12H2,1-3H3,(H,21,23)/b13-4+/t16-,17-/m0/s1. The molecule has 1 fully saturated rings. The number of rotatable bonds is 6. The molecule has 0 saturated carbocycles. The minimum Gasteiger partial charge on any atom is -0.468 e. The van der Waals surface area contributed by atoms with Crippen LogP contribution < -0.4 is 5.32 Å². The fourth-order valence-electron chi connectivity index (χ4n) is 3.04. The number of hydrogen-bond donors (Lipinski definition) is 1. The molecule has 0 radical (unpaired) electrons. The van der Waals surface area contributed by atoms with Gasteiger partial charge in [-0.3, -0.25) is 14.5 Å². The molecule has 6 heteroatoms. The monoisotopic (exact) mass is 348 g/mol. The lowest BCUT2D eigenvalue weighted by Gasteiger charge is -2.22. The number of benzene rings is 1. The number of likely N-dealkylation sites (tertiary alicyclic amines) is 1. The van der Waals surface area contributed by atoms with Gasteiger partial charge in [0.05, 0.1) is 13.5 Å². The molecule has 1 aliphatic rings. The van der Waals surface area contributed by atoms with E-state index in [2.05, 4.69) is 5.32 Å². The Morgan fingerprint density at radius 3 is 2.64 bits per heavy atom. The highest BCUT2D eigenvalue weighted by Crippen LogP contribution is 2.20. The second kappa shape index (κ2) is 8.76. The van der Waals surface area contributed by atoms with E-state index >= 15 is 0 Å². The molecule has 0 aromatic heterocycles. The molecule has 2 atom stereocenters. The second-order valence-electron chi connectivity index (χ2n) is 6.41. The van der Waals surface area contributed by atoms with Crippen molar-refractivity contribution in [2.45, 2.75) is 38.8 Å². The number of carbonyl (C=O) groups is 2. The van der Waals surface area contributed by atoms with Crippen LogP contribution in [-0.2, 0) is 20.7 Å². The summed E-state index contributed by atoms with van der Waals surface area (Å²) in [6.07, 6.45) is 2.72. The fourth-order valence-corrected chi connectivity index (χ4v) is 3.04. The molecule has 5 nitrogen and oxygen atoms in total. The van der Waals surface area contributed by atoms with Crippen LogP contribution in [0.25, 0.3) is 0 Å². The van der Waals surface area contributed by atoms with E-state index < -0.39 is 0 Å². The topological polar surface area (TPSA) is 58.6 Å². The summed E-state index contributed by atoms with van der Waals surface area (Å²) in [6.45, 7) is 5.23. The van der Waals surface area contributed by atoms with E-state index in [9.17, 15) is 14.0 Å². The van der Waals surface area contributed by atoms with Gasteiger partial charge in [0.25, 0.3) is 0 Å². The molecule has 1 amide bonds. The van der Waals surface area contributed by atoms with Crippen LogP contribution in [0.15, 0.2) is 35.9 Å². The van der Waals surface area contributed by atoms with Crippen LogP contribution in [0.2, 0.25) is 0 Å². The average molecular weight is 348 g/mol. The van der Waals surface area contributed by atoms with Crippen molar-refractivity contribution in [1.82, 2.24) is 10.2 Å². The van der Waals surface area contributed by atoms with E-state index in [1.165, 1.54) is 19.2 Å². The van der Waals surface area contributed by atoms with Gasteiger partial charge in [-0.25, -0.2) is 4.39 Å². The van der Waals surface area contributed by atoms with Crippen molar-refractivity contribution in [3.63, 3.8) is 0 Å².